The van der Waals surface area contributed by atoms with E-state index >= 15 is 0 Å². The number of oxazole rings is 1. The van der Waals surface area contributed by atoms with Crippen molar-refractivity contribution >= 4 is 26.6 Å². The Morgan fingerprint density at radius 3 is 2.78 bits per heavy atom. The third kappa shape index (κ3) is 2.73. The van der Waals surface area contributed by atoms with Gasteiger partial charge in [-0.25, -0.2) is 13.2 Å². The summed E-state index contributed by atoms with van der Waals surface area (Å²) in [6.07, 6.45) is 1.54. The highest BCUT2D eigenvalue weighted by Crippen LogP contribution is 2.16. The van der Waals surface area contributed by atoms with Gasteiger partial charge in [-0.05, 0) is 18.6 Å². The van der Waals surface area contributed by atoms with Gasteiger partial charge < -0.3 is 10.2 Å². The fraction of sp³-hybridized carbons (Fsp3) is 0.364. The molecule has 1 aromatic heterocycles. The summed E-state index contributed by atoms with van der Waals surface area (Å²) in [6.45, 7) is 0.308. The van der Waals surface area contributed by atoms with Crippen molar-refractivity contribution in [1.29, 1.82) is 0 Å². The van der Waals surface area contributed by atoms with Crippen molar-refractivity contribution in [3.05, 3.63) is 28.7 Å². The Hall–Kier alpha value is -1.76. The third-order valence-electron chi connectivity index (χ3n) is 2.59. The lowest BCUT2D eigenvalue weighted by Gasteiger charge is -2.01. The molecule has 98 valence electrons. The smallest absolute Gasteiger partial charge is 0.408 e. The molecule has 0 amide bonds. The lowest BCUT2D eigenvalue weighted by Crippen LogP contribution is -2.16. The molecule has 0 bridgehead atoms. The van der Waals surface area contributed by atoms with E-state index in [1.807, 2.05) is 0 Å². The van der Waals surface area contributed by atoms with E-state index in [4.69, 9.17) is 10.2 Å². The van der Waals surface area contributed by atoms with E-state index in [-0.39, 0.29) is 5.75 Å². The Kier molecular flexibility index (Phi) is 3.16. The predicted molar refractivity (Wildman–Crippen MR) is 69.2 cm³/mol. The minimum absolute atomic E-state index is 0.0427. The molecule has 0 aliphatic rings. The highest BCUT2D eigenvalue weighted by molar-refractivity contribution is 7.90. The molecular formula is C11H14N2O4S. The van der Waals surface area contributed by atoms with Gasteiger partial charge in [0, 0.05) is 24.6 Å². The van der Waals surface area contributed by atoms with Crippen LogP contribution in [-0.2, 0) is 16.4 Å². The van der Waals surface area contributed by atoms with Crippen LogP contribution in [0.3, 0.4) is 0 Å². The van der Waals surface area contributed by atoms with Crippen molar-refractivity contribution in [2.24, 2.45) is 0 Å². The summed E-state index contributed by atoms with van der Waals surface area (Å²) in [5.74, 6) is -0.453. The van der Waals surface area contributed by atoms with Gasteiger partial charge in [-0.2, -0.15) is 0 Å². The Bertz CT molecular complexity index is 727. The number of nitrogen functional groups attached to an aromatic ring is 1. The van der Waals surface area contributed by atoms with Crippen LogP contribution in [0, 0.1) is 0 Å². The van der Waals surface area contributed by atoms with Crippen LogP contribution in [0.5, 0.6) is 0 Å². The molecule has 0 fully saturated rings. The average Bonchev–Trinajstić information content (AvgIpc) is 2.52. The van der Waals surface area contributed by atoms with Gasteiger partial charge in [0.05, 0.1) is 11.3 Å². The minimum atomic E-state index is -3.02. The van der Waals surface area contributed by atoms with Crippen molar-refractivity contribution in [3.63, 3.8) is 0 Å². The Labute approximate surface area is 104 Å². The van der Waals surface area contributed by atoms with Crippen molar-refractivity contribution in [1.82, 2.24) is 4.57 Å². The monoisotopic (exact) mass is 270 g/mol. The number of rotatable bonds is 4. The molecule has 2 rings (SSSR count). The lowest BCUT2D eigenvalue weighted by molar-refractivity contribution is 0.501. The molecule has 2 N–H and O–H groups in total. The summed E-state index contributed by atoms with van der Waals surface area (Å²) in [4.78, 5) is 11.6. The van der Waals surface area contributed by atoms with Crippen LogP contribution in [0.25, 0.3) is 11.1 Å². The van der Waals surface area contributed by atoms with E-state index in [9.17, 15) is 13.2 Å². The van der Waals surface area contributed by atoms with Gasteiger partial charge >= 0.3 is 5.76 Å². The highest BCUT2D eigenvalue weighted by Gasteiger charge is 2.10. The highest BCUT2D eigenvalue weighted by atomic mass is 32.2. The zero-order valence-electron chi connectivity index (χ0n) is 9.92. The summed E-state index contributed by atoms with van der Waals surface area (Å²) in [5, 5.41) is 0. The number of aryl methyl sites for hydroxylation is 1. The molecule has 7 heteroatoms. The van der Waals surface area contributed by atoms with Crippen LogP contribution in [0.2, 0.25) is 0 Å². The third-order valence-corrected chi connectivity index (χ3v) is 3.62. The Balaban J connectivity index is 2.28. The maximum atomic E-state index is 11.6. The first kappa shape index (κ1) is 12.7. The molecule has 0 aliphatic heterocycles. The number of anilines is 1. The van der Waals surface area contributed by atoms with Crippen LogP contribution in [-0.4, -0.2) is 25.0 Å². The van der Waals surface area contributed by atoms with Crippen molar-refractivity contribution in [2.75, 3.05) is 17.7 Å². The molecule has 1 aromatic carbocycles. The quantitative estimate of drug-likeness (QED) is 0.821. The van der Waals surface area contributed by atoms with E-state index in [1.165, 1.54) is 10.8 Å². The molecule has 0 saturated heterocycles. The molecule has 0 saturated carbocycles. The molecule has 0 aliphatic carbocycles. The van der Waals surface area contributed by atoms with E-state index in [1.54, 1.807) is 18.2 Å². The number of aromatic nitrogens is 1. The van der Waals surface area contributed by atoms with Crippen LogP contribution in [0.15, 0.2) is 27.4 Å². The number of hydrogen-bond acceptors (Lipinski definition) is 5. The van der Waals surface area contributed by atoms with E-state index < -0.39 is 15.6 Å². The van der Waals surface area contributed by atoms with Gasteiger partial charge in [-0.1, -0.05) is 0 Å². The van der Waals surface area contributed by atoms with Crippen LogP contribution in [0.1, 0.15) is 6.42 Å². The fourth-order valence-corrected chi connectivity index (χ4v) is 2.43. The summed E-state index contributed by atoms with van der Waals surface area (Å²) in [5.41, 5.74) is 7.15. The molecule has 18 heavy (non-hydrogen) atoms. The van der Waals surface area contributed by atoms with Crippen molar-refractivity contribution < 1.29 is 12.8 Å². The van der Waals surface area contributed by atoms with E-state index in [0.29, 0.717) is 29.8 Å². The second-order valence-electron chi connectivity index (χ2n) is 4.23. The van der Waals surface area contributed by atoms with Gasteiger partial charge in [0.1, 0.15) is 9.84 Å². The molecule has 6 nitrogen and oxygen atoms in total. The topological polar surface area (TPSA) is 95.3 Å². The summed E-state index contributed by atoms with van der Waals surface area (Å²) < 4.78 is 28.5. The van der Waals surface area contributed by atoms with Crippen LogP contribution in [0.4, 0.5) is 5.69 Å². The Morgan fingerprint density at radius 1 is 1.39 bits per heavy atom. The van der Waals surface area contributed by atoms with E-state index in [2.05, 4.69) is 0 Å². The molecular weight excluding hydrogens is 256 g/mol. The number of fused-ring (bicyclic) bond motifs is 1. The molecule has 0 unspecified atom stereocenters. The second kappa shape index (κ2) is 4.49. The fourth-order valence-electron chi connectivity index (χ4n) is 1.78. The van der Waals surface area contributed by atoms with Gasteiger partial charge in [-0.3, -0.25) is 4.57 Å². The average molecular weight is 270 g/mol. The maximum Gasteiger partial charge on any atom is 0.419 e. The largest absolute Gasteiger partial charge is 0.419 e. The lowest BCUT2D eigenvalue weighted by atomic mass is 10.3. The maximum absolute atomic E-state index is 11.6. The first-order valence-electron chi connectivity index (χ1n) is 5.43. The van der Waals surface area contributed by atoms with Gasteiger partial charge in [0.25, 0.3) is 0 Å². The van der Waals surface area contributed by atoms with Crippen LogP contribution < -0.4 is 11.5 Å². The first-order chi connectivity index (χ1) is 8.37. The molecule has 0 atom stereocenters. The first-order valence-corrected chi connectivity index (χ1v) is 7.49. The normalized spacial score (nSPS) is 12.1. The number of hydrogen-bond donors (Lipinski definition) is 1. The summed E-state index contributed by atoms with van der Waals surface area (Å²) in [6, 6.07) is 4.93. The Morgan fingerprint density at radius 2 is 2.11 bits per heavy atom. The van der Waals surface area contributed by atoms with Gasteiger partial charge in [0.2, 0.25) is 0 Å². The van der Waals surface area contributed by atoms with Crippen molar-refractivity contribution in [2.45, 2.75) is 13.0 Å². The number of sulfone groups is 1. The zero-order chi connectivity index (χ0) is 13.3. The SMILES string of the molecule is CS(=O)(=O)CCCn1c(=O)oc2cc(N)ccc21. The molecule has 0 spiro atoms. The predicted octanol–water partition coefficient (Wildman–Crippen LogP) is 0.611. The number of nitrogens with two attached hydrogens (primary N) is 1. The minimum Gasteiger partial charge on any atom is -0.408 e. The molecule has 2 aromatic rings. The van der Waals surface area contributed by atoms with Crippen LogP contribution >= 0.6 is 0 Å². The standard InChI is InChI=1S/C11H14N2O4S/c1-18(15,16)6-2-5-13-9-4-3-8(12)7-10(9)17-11(13)14/h3-4,7H,2,5-6,12H2,1H3. The zero-order valence-corrected chi connectivity index (χ0v) is 10.7. The number of benzene rings is 1. The summed E-state index contributed by atoms with van der Waals surface area (Å²) >= 11 is 0. The summed E-state index contributed by atoms with van der Waals surface area (Å²) in [7, 11) is -3.02. The van der Waals surface area contributed by atoms with Gasteiger partial charge in [0.15, 0.2) is 5.58 Å². The van der Waals surface area contributed by atoms with Crippen molar-refractivity contribution in [3.8, 4) is 0 Å². The molecule has 0 radical (unpaired) electrons. The van der Waals surface area contributed by atoms with E-state index in [0.717, 1.165) is 0 Å². The second-order valence-corrected chi connectivity index (χ2v) is 6.49. The van der Waals surface area contributed by atoms with Gasteiger partial charge in [-0.15, -0.1) is 0 Å². The number of nitrogens with zero attached hydrogens (tertiary/aromatic N) is 1. The molecule has 1 heterocycles.